The summed E-state index contributed by atoms with van der Waals surface area (Å²) in [6.07, 6.45) is 4.59. The van der Waals surface area contributed by atoms with Crippen molar-refractivity contribution in [2.75, 3.05) is 32.4 Å². The highest BCUT2D eigenvalue weighted by Gasteiger charge is 2.28. The summed E-state index contributed by atoms with van der Waals surface area (Å²) in [5.41, 5.74) is 1.33. The summed E-state index contributed by atoms with van der Waals surface area (Å²) >= 11 is 1.61. The standard InChI is InChI=1S/C13H18N2O3S2/c1-20(17,18)15-7-5-14(6-8-15)13(16)12-9-10-3-2-4-11(10)19-12/h9H,2-8H2,1H3. The van der Waals surface area contributed by atoms with Crippen LogP contribution >= 0.6 is 11.3 Å². The Balaban J connectivity index is 1.67. The van der Waals surface area contributed by atoms with Crippen molar-refractivity contribution in [2.45, 2.75) is 19.3 Å². The normalized spacial score (nSPS) is 20.1. The largest absolute Gasteiger partial charge is 0.335 e. The molecule has 0 bridgehead atoms. The molecule has 0 saturated carbocycles. The number of carbonyl (C=O) groups is 1. The van der Waals surface area contributed by atoms with Crippen molar-refractivity contribution in [1.82, 2.24) is 9.21 Å². The van der Waals surface area contributed by atoms with Crippen LogP contribution < -0.4 is 0 Å². The highest BCUT2D eigenvalue weighted by Crippen LogP contribution is 2.31. The van der Waals surface area contributed by atoms with E-state index in [9.17, 15) is 13.2 Å². The Morgan fingerprint density at radius 3 is 2.50 bits per heavy atom. The van der Waals surface area contributed by atoms with Crippen LogP contribution in [0.15, 0.2) is 6.07 Å². The van der Waals surface area contributed by atoms with E-state index in [4.69, 9.17) is 0 Å². The Kier molecular flexibility index (Phi) is 3.60. The lowest BCUT2D eigenvalue weighted by molar-refractivity contribution is 0.0703. The van der Waals surface area contributed by atoms with Crippen molar-refractivity contribution in [2.24, 2.45) is 0 Å². The number of fused-ring (bicyclic) bond motifs is 1. The summed E-state index contributed by atoms with van der Waals surface area (Å²) < 4.78 is 24.3. The second kappa shape index (κ2) is 5.13. The second-order valence-corrected chi connectivity index (χ2v) is 8.49. The Hall–Kier alpha value is -0.920. The molecule has 0 aromatic carbocycles. The van der Waals surface area contributed by atoms with Crippen LogP contribution in [0.4, 0.5) is 0 Å². The molecule has 1 aliphatic carbocycles. The Morgan fingerprint density at radius 1 is 1.20 bits per heavy atom. The molecule has 0 N–H and O–H groups in total. The molecule has 1 aromatic rings. The molecule has 1 saturated heterocycles. The number of carbonyl (C=O) groups excluding carboxylic acids is 1. The molecule has 0 atom stereocenters. The molecule has 2 aliphatic rings. The van der Waals surface area contributed by atoms with Crippen molar-refractivity contribution in [3.05, 3.63) is 21.4 Å². The number of hydrogen-bond donors (Lipinski definition) is 0. The fourth-order valence-corrected chi connectivity index (χ4v) is 4.86. The number of hydrogen-bond acceptors (Lipinski definition) is 4. The van der Waals surface area contributed by atoms with E-state index in [1.54, 1.807) is 16.2 Å². The first-order chi connectivity index (χ1) is 9.45. The quantitative estimate of drug-likeness (QED) is 0.817. The van der Waals surface area contributed by atoms with E-state index in [0.29, 0.717) is 26.2 Å². The van der Waals surface area contributed by atoms with E-state index in [-0.39, 0.29) is 5.91 Å². The fourth-order valence-electron chi connectivity index (χ4n) is 2.81. The average molecular weight is 314 g/mol. The fraction of sp³-hybridized carbons (Fsp3) is 0.615. The van der Waals surface area contributed by atoms with Crippen LogP contribution in [0.2, 0.25) is 0 Å². The molecule has 1 fully saturated rings. The van der Waals surface area contributed by atoms with Crippen molar-refractivity contribution < 1.29 is 13.2 Å². The van der Waals surface area contributed by atoms with Crippen LogP contribution in [0.5, 0.6) is 0 Å². The maximum atomic E-state index is 12.4. The van der Waals surface area contributed by atoms with Crippen LogP contribution in [0.1, 0.15) is 26.5 Å². The smallest absolute Gasteiger partial charge is 0.264 e. The minimum Gasteiger partial charge on any atom is -0.335 e. The first-order valence-corrected chi connectivity index (χ1v) is 9.47. The summed E-state index contributed by atoms with van der Waals surface area (Å²) in [6, 6.07) is 2.03. The second-order valence-electron chi connectivity index (χ2n) is 5.37. The van der Waals surface area contributed by atoms with Crippen LogP contribution in [-0.2, 0) is 22.9 Å². The predicted molar refractivity (Wildman–Crippen MR) is 78.7 cm³/mol. The van der Waals surface area contributed by atoms with Gasteiger partial charge in [0.2, 0.25) is 10.0 Å². The molecule has 1 aliphatic heterocycles. The molecule has 0 spiro atoms. The molecule has 0 radical (unpaired) electrons. The molecule has 2 heterocycles. The molecule has 1 amide bonds. The number of rotatable bonds is 2. The maximum absolute atomic E-state index is 12.4. The zero-order valence-electron chi connectivity index (χ0n) is 11.5. The molecular weight excluding hydrogens is 296 g/mol. The Bertz CT molecular complexity index is 607. The lowest BCUT2D eigenvalue weighted by Gasteiger charge is -2.33. The third-order valence-corrected chi connectivity index (χ3v) is 6.48. The van der Waals surface area contributed by atoms with Gasteiger partial charge in [-0.3, -0.25) is 4.79 Å². The maximum Gasteiger partial charge on any atom is 0.264 e. The van der Waals surface area contributed by atoms with Crippen molar-refractivity contribution in [3.8, 4) is 0 Å². The molecule has 110 valence electrons. The van der Waals surface area contributed by atoms with Crippen molar-refractivity contribution >= 4 is 27.3 Å². The van der Waals surface area contributed by atoms with Gasteiger partial charge in [0.15, 0.2) is 0 Å². The summed E-state index contributed by atoms with van der Waals surface area (Å²) in [4.78, 5) is 16.4. The van der Waals surface area contributed by atoms with E-state index >= 15 is 0 Å². The molecular formula is C13H18N2O3S2. The first-order valence-electron chi connectivity index (χ1n) is 6.81. The third-order valence-electron chi connectivity index (χ3n) is 3.95. The summed E-state index contributed by atoms with van der Waals surface area (Å²) in [6.45, 7) is 1.76. The molecule has 20 heavy (non-hydrogen) atoms. The average Bonchev–Trinajstić information content (AvgIpc) is 2.97. The summed E-state index contributed by atoms with van der Waals surface area (Å²) in [5.74, 6) is 0.0533. The third kappa shape index (κ3) is 2.62. The van der Waals surface area contributed by atoms with Gasteiger partial charge in [0.25, 0.3) is 5.91 Å². The topological polar surface area (TPSA) is 57.7 Å². The number of piperazine rings is 1. The zero-order chi connectivity index (χ0) is 14.3. The highest BCUT2D eigenvalue weighted by atomic mass is 32.2. The van der Waals surface area contributed by atoms with E-state index in [0.717, 1.165) is 17.7 Å². The van der Waals surface area contributed by atoms with E-state index in [2.05, 4.69) is 0 Å². The van der Waals surface area contributed by atoms with Gasteiger partial charge in [0, 0.05) is 31.1 Å². The minimum absolute atomic E-state index is 0.0533. The van der Waals surface area contributed by atoms with Gasteiger partial charge in [0.05, 0.1) is 11.1 Å². The number of thiophene rings is 1. The van der Waals surface area contributed by atoms with Crippen LogP contribution in [0.25, 0.3) is 0 Å². The molecule has 3 rings (SSSR count). The van der Waals surface area contributed by atoms with E-state index in [1.807, 2.05) is 6.07 Å². The van der Waals surface area contributed by atoms with E-state index in [1.165, 1.54) is 27.4 Å². The molecule has 5 nitrogen and oxygen atoms in total. The highest BCUT2D eigenvalue weighted by molar-refractivity contribution is 7.88. The van der Waals surface area contributed by atoms with Gasteiger partial charge in [-0.25, -0.2) is 8.42 Å². The Morgan fingerprint density at radius 2 is 1.90 bits per heavy atom. The number of sulfonamides is 1. The molecule has 1 aromatic heterocycles. The predicted octanol–water partition coefficient (Wildman–Crippen LogP) is 0.954. The van der Waals surface area contributed by atoms with E-state index < -0.39 is 10.0 Å². The number of aryl methyl sites for hydroxylation is 2. The summed E-state index contributed by atoms with van der Waals surface area (Å²) in [7, 11) is -3.14. The monoisotopic (exact) mass is 314 g/mol. The number of nitrogens with zero attached hydrogens (tertiary/aromatic N) is 2. The lowest BCUT2D eigenvalue weighted by Crippen LogP contribution is -2.50. The molecule has 0 unspecified atom stereocenters. The van der Waals surface area contributed by atoms with Crippen LogP contribution in [-0.4, -0.2) is 56.0 Å². The van der Waals surface area contributed by atoms with Gasteiger partial charge in [-0.2, -0.15) is 4.31 Å². The zero-order valence-corrected chi connectivity index (χ0v) is 13.1. The Labute approximate surface area is 123 Å². The minimum atomic E-state index is -3.14. The van der Waals surface area contributed by atoms with Gasteiger partial charge in [0.1, 0.15) is 0 Å². The van der Waals surface area contributed by atoms with Gasteiger partial charge in [-0.15, -0.1) is 11.3 Å². The van der Waals surface area contributed by atoms with Gasteiger partial charge >= 0.3 is 0 Å². The van der Waals surface area contributed by atoms with Gasteiger partial charge in [-0.1, -0.05) is 0 Å². The van der Waals surface area contributed by atoms with Gasteiger partial charge < -0.3 is 4.90 Å². The summed E-state index contributed by atoms with van der Waals surface area (Å²) in [5, 5.41) is 0. The van der Waals surface area contributed by atoms with Crippen LogP contribution in [0, 0.1) is 0 Å². The SMILES string of the molecule is CS(=O)(=O)N1CCN(C(=O)c2cc3c(s2)CCC3)CC1. The number of amides is 1. The first kappa shape index (κ1) is 14.0. The van der Waals surface area contributed by atoms with Crippen molar-refractivity contribution in [1.29, 1.82) is 0 Å². The van der Waals surface area contributed by atoms with Crippen LogP contribution in [0.3, 0.4) is 0 Å². The van der Waals surface area contributed by atoms with Gasteiger partial charge in [-0.05, 0) is 30.9 Å². The van der Waals surface area contributed by atoms with Crippen molar-refractivity contribution in [3.63, 3.8) is 0 Å². The lowest BCUT2D eigenvalue weighted by atomic mass is 10.2. The molecule has 7 heteroatoms.